The van der Waals surface area contributed by atoms with Gasteiger partial charge in [-0.25, -0.2) is 9.97 Å². The maximum atomic E-state index is 11.9. The van der Waals surface area contributed by atoms with E-state index in [1.54, 1.807) is 24.4 Å². The van der Waals surface area contributed by atoms with E-state index in [0.717, 1.165) is 74.0 Å². The topological polar surface area (TPSA) is 76.3 Å². The van der Waals surface area contributed by atoms with Crippen LogP contribution in [0.25, 0.3) is 17.4 Å². The molecule has 0 unspecified atom stereocenters. The standard InChI is InChI=1S/C27H25Cl2N3O3S/c28-18-4-6-21(22(29)14-18)24-7-5-20(35-24)3-1-2-17-9-12-32(13-10-17)27-30-11-8-19(31-27)15-25-23(33)16-26(34)36-25/h4-8,11,14-15,17H,1-3,9-10,12-13,16H2/b25-15-. The molecule has 1 aromatic carbocycles. The summed E-state index contributed by atoms with van der Waals surface area (Å²) in [6.45, 7) is 1.80. The number of rotatable bonds is 7. The van der Waals surface area contributed by atoms with Crippen molar-refractivity contribution in [2.45, 2.75) is 38.5 Å². The molecule has 5 rings (SSSR count). The number of carbonyl (C=O) groups is 2. The van der Waals surface area contributed by atoms with Crippen molar-refractivity contribution in [2.24, 2.45) is 5.92 Å². The van der Waals surface area contributed by atoms with Crippen LogP contribution in [0.2, 0.25) is 10.0 Å². The Kier molecular flexibility index (Phi) is 7.79. The normalized spacial score (nSPS) is 17.9. The van der Waals surface area contributed by atoms with Gasteiger partial charge in [-0.15, -0.1) is 0 Å². The Balaban J connectivity index is 1.10. The van der Waals surface area contributed by atoms with Crippen LogP contribution in [-0.4, -0.2) is 34.0 Å². The smallest absolute Gasteiger partial charge is 0.225 e. The molecule has 0 spiro atoms. The number of benzene rings is 1. The molecule has 2 aliphatic rings. The van der Waals surface area contributed by atoms with Gasteiger partial charge in [0.2, 0.25) is 11.1 Å². The number of allylic oxidation sites excluding steroid dienone is 1. The predicted octanol–water partition coefficient (Wildman–Crippen LogP) is 6.86. The molecule has 0 bridgehead atoms. The number of halogens is 2. The fraction of sp³-hybridized carbons (Fsp3) is 0.333. The molecule has 6 nitrogen and oxygen atoms in total. The van der Waals surface area contributed by atoms with Gasteiger partial charge >= 0.3 is 0 Å². The zero-order valence-corrected chi connectivity index (χ0v) is 21.9. The first-order valence-corrected chi connectivity index (χ1v) is 13.6. The zero-order chi connectivity index (χ0) is 25.1. The van der Waals surface area contributed by atoms with Crippen molar-refractivity contribution in [3.63, 3.8) is 0 Å². The minimum Gasteiger partial charge on any atom is -0.461 e. The lowest BCUT2D eigenvalue weighted by Gasteiger charge is -2.32. The molecule has 0 N–H and O–H groups in total. The second-order valence-electron chi connectivity index (χ2n) is 9.08. The Morgan fingerprint density at radius 3 is 2.69 bits per heavy atom. The minimum absolute atomic E-state index is 0.0280. The second kappa shape index (κ2) is 11.2. The van der Waals surface area contributed by atoms with Crippen molar-refractivity contribution in [1.82, 2.24) is 9.97 Å². The fourth-order valence-corrected chi connectivity index (χ4v) is 5.92. The molecule has 0 saturated carbocycles. The largest absolute Gasteiger partial charge is 0.461 e. The number of aryl methyl sites for hydroxylation is 1. The molecule has 2 saturated heterocycles. The number of anilines is 1. The van der Waals surface area contributed by atoms with Gasteiger partial charge in [-0.1, -0.05) is 23.2 Å². The van der Waals surface area contributed by atoms with Gasteiger partial charge < -0.3 is 9.32 Å². The van der Waals surface area contributed by atoms with E-state index in [2.05, 4.69) is 14.9 Å². The molecule has 2 aliphatic heterocycles. The molecule has 186 valence electrons. The molecule has 36 heavy (non-hydrogen) atoms. The average Bonchev–Trinajstić information content (AvgIpc) is 3.45. The van der Waals surface area contributed by atoms with Crippen LogP contribution in [0.4, 0.5) is 5.95 Å². The molecule has 2 fully saturated rings. The highest BCUT2D eigenvalue weighted by molar-refractivity contribution is 8.18. The van der Waals surface area contributed by atoms with Crippen LogP contribution in [0.1, 0.15) is 43.6 Å². The Hall–Kier alpha value is -2.61. The lowest BCUT2D eigenvalue weighted by Crippen LogP contribution is -2.35. The number of ketones is 1. The van der Waals surface area contributed by atoms with Crippen LogP contribution in [0.15, 0.2) is 51.9 Å². The first-order chi connectivity index (χ1) is 17.4. The summed E-state index contributed by atoms with van der Waals surface area (Å²) in [6.07, 6.45) is 8.65. The highest BCUT2D eigenvalue weighted by Crippen LogP contribution is 2.33. The van der Waals surface area contributed by atoms with E-state index in [9.17, 15) is 9.59 Å². The van der Waals surface area contributed by atoms with Crippen molar-refractivity contribution in [3.05, 3.63) is 69.0 Å². The minimum atomic E-state index is -0.134. The van der Waals surface area contributed by atoms with E-state index >= 15 is 0 Å². The Morgan fingerprint density at radius 2 is 1.94 bits per heavy atom. The molecule has 0 aliphatic carbocycles. The number of thioether (sulfide) groups is 1. The van der Waals surface area contributed by atoms with Crippen molar-refractivity contribution >= 4 is 57.9 Å². The summed E-state index contributed by atoms with van der Waals surface area (Å²) in [5, 5.41) is 1.08. The highest BCUT2D eigenvalue weighted by atomic mass is 35.5. The van der Waals surface area contributed by atoms with Gasteiger partial charge in [0.1, 0.15) is 11.5 Å². The van der Waals surface area contributed by atoms with Crippen LogP contribution < -0.4 is 4.90 Å². The molecule has 0 radical (unpaired) electrons. The zero-order valence-electron chi connectivity index (χ0n) is 19.6. The molecular weight excluding hydrogens is 517 g/mol. The van der Waals surface area contributed by atoms with E-state index in [0.29, 0.717) is 32.5 Å². The first kappa shape index (κ1) is 25.1. The van der Waals surface area contributed by atoms with Gasteiger partial charge in [0.15, 0.2) is 5.78 Å². The van der Waals surface area contributed by atoms with Crippen LogP contribution in [-0.2, 0) is 16.0 Å². The van der Waals surface area contributed by atoms with Crippen LogP contribution in [0.5, 0.6) is 0 Å². The average molecular weight is 542 g/mol. The second-order valence-corrected chi connectivity index (χ2v) is 11.0. The number of aromatic nitrogens is 2. The highest BCUT2D eigenvalue weighted by Gasteiger charge is 2.26. The van der Waals surface area contributed by atoms with E-state index in [1.807, 2.05) is 24.3 Å². The molecule has 3 aromatic rings. The van der Waals surface area contributed by atoms with Gasteiger partial charge in [0.05, 0.1) is 22.0 Å². The summed E-state index contributed by atoms with van der Waals surface area (Å²) in [7, 11) is 0. The summed E-state index contributed by atoms with van der Waals surface area (Å²) in [4.78, 5) is 35.1. The predicted molar refractivity (Wildman–Crippen MR) is 144 cm³/mol. The Labute approximate surface area is 224 Å². The first-order valence-electron chi connectivity index (χ1n) is 12.0. The third-order valence-corrected chi connectivity index (χ3v) is 8.02. The van der Waals surface area contributed by atoms with Gasteiger partial charge in [-0.05, 0) is 85.8 Å². The van der Waals surface area contributed by atoms with Crippen molar-refractivity contribution in [2.75, 3.05) is 18.0 Å². The molecular formula is C27H25Cl2N3O3S. The summed E-state index contributed by atoms with van der Waals surface area (Å²) in [5.74, 6) is 2.93. The third-order valence-electron chi connectivity index (χ3n) is 6.54. The van der Waals surface area contributed by atoms with Crippen LogP contribution in [0.3, 0.4) is 0 Å². The summed E-state index contributed by atoms with van der Waals surface area (Å²) >= 11 is 13.3. The number of furan rings is 1. The molecule has 9 heteroatoms. The SMILES string of the molecule is O=C1CC(=O)/C(=C/c2ccnc(N3CCC(CCCc4ccc(-c5ccc(Cl)cc5Cl)o4)CC3)n2)S1. The maximum absolute atomic E-state index is 11.9. The molecule has 0 amide bonds. The molecule has 2 aromatic heterocycles. The number of hydrogen-bond acceptors (Lipinski definition) is 7. The molecule has 4 heterocycles. The van der Waals surface area contributed by atoms with Crippen LogP contribution >= 0.6 is 35.0 Å². The Morgan fingerprint density at radius 1 is 1.11 bits per heavy atom. The van der Waals surface area contributed by atoms with Crippen molar-refractivity contribution < 1.29 is 14.0 Å². The Bertz CT molecular complexity index is 1320. The monoisotopic (exact) mass is 541 g/mol. The number of hydrogen-bond donors (Lipinski definition) is 0. The van der Waals surface area contributed by atoms with Crippen LogP contribution in [0, 0.1) is 5.92 Å². The van der Waals surface area contributed by atoms with E-state index < -0.39 is 0 Å². The fourth-order valence-electron chi connectivity index (χ4n) is 4.61. The quantitative estimate of drug-likeness (QED) is 0.239. The number of piperidine rings is 1. The van der Waals surface area contributed by atoms with E-state index in [1.165, 1.54) is 0 Å². The summed E-state index contributed by atoms with van der Waals surface area (Å²) in [6, 6.07) is 11.2. The lowest BCUT2D eigenvalue weighted by molar-refractivity contribution is -0.119. The van der Waals surface area contributed by atoms with Gasteiger partial charge in [-0.2, -0.15) is 0 Å². The summed E-state index contributed by atoms with van der Waals surface area (Å²) < 4.78 is 6.03. The molecule has 0 atom stereocenters. The third kappa shape index (κ3) is 6.02. The van der Waals surface area contributed by atoms with E-state index in [4.69, 9.17) is 27.6 Å². The number of carbonyl (C=O) groups excluding carboxylic acids is 2. The van der Waals surface area contributed by atoms with Crippen molar-refractivity contribution in [1.29, 1.82) is 0 Å². The van der Waals surface area contributed by atoms with Gasteiger partial charge in [-0.3, -0.25) is 9.59 Å². The maximum Gasteiger partial charge on any atom is 0.225 e. The summed E-state index contributed by atoms with van der Waals surface area (Å²) in [5.41, 5.74) is 1.51. The van der Waals surface area contributed by atoms with Crippen molar-refractivity contribution in [3.8, 4) is 11.3 Å². The number of nitrogens with zero attached hydrogens (tertiary/aromatic N) is 3. The van der Waals surface area contributed by atoms with Gasteiger partial charge in [0, 0.05) is 36.3 Å². The lowest BCUT2D eigenvalue weighted by atomic mass is 9.91. The number of Topliss-reactive ketones (excluding diaryl/α,β-unsaturated/α-hetero) is 1. The van der Waals surface area contributed by atoms with E-state index in [-0.39, 0.29) is 17.3 Å². The van der Waals surface area contributed by atoms with Gasteiger partial charge in [0.25, 0.3) is 0 Å².